The van der Waals surface area contributed by atoms with Crippen molar-refractivity contribution in [1.29, 1.82) is 0 Å². The Morgan fingerprint density at radius 2 is 1.71 bits per heavy atom. The van der Waals surface area contributed by atoms with Gasteiger partial charge < -0.3 is 15.0 Å². The summed E-state index contributed by atoms with van der Waals surface area (Å²) in [5.74, 6) is -0.569. The molecule has 0 saturated heterocycles. The zero-order valence-electron chi connectivity index (χ0n) is 21.3. The fraction of sp³-hybridized carbons (Fsp3) is 0.440. The standard InChI is InChI=1S/C25H34ClN3O5S/c1-17-8-13-22(34-6)21(14-17)29(35(7,32)33)16-23(30)28(15-19-9-11-20(26)12-10-19)18(2)24(31)27-25(3,4)5/h8-14,18H,15-16H2,1-7H3,(H,27,31)/t18-/m1/s1. The number of sulfonamides is 1. The molecule has 0 aliphatic carbocycles. The van der Waals surface area contributed by atoms with Crippen molar-refractivity contribution in [3.8, 4) is 5.75 Å². The summed E-state index contributed by atoms with van der Waals surface area (Å²) < 4.78 is 31.9. The number of ether oxygens (including phenoxy) is 1. The van der Waals surface area contributed by atoms with Crippen molar-refractivity contribution in [2.45, 2.75) is 52.7 Å². The van der Waals surface area contributed by atoms with Crippen LogP contribution in [0.3, 0.4) is 0 Å². The lowest BCUT2D eigenvalue weighted by atomic mass is 10.1. The third kappa shape index (κ3) is 8.14. The van der Waals surface area contributed by atoms with Crippen LogP contribution in [-0.2, 0) is 26.2 Å². The average Bonchev–Trinajstić information content (AvgIpc) is 2.74. The number of carbonyl (C=O) groups excluding carboxylic acids is 2. The number of rotatable bonds is 9. The molecule has 0 radical (unpaired) electrons. The molecule has 0 fully saturated rings. The first-order valence-electron chi connectivity index (χ1n) is 11.1. The van der Waals surface area contributed by atoms with Gasteiger partial charge in [0.15, 0.2) is 0 Å². The van der Waals surface area contributed by atoms with Crippen molar-refractivity contribution in [2.24, 2.45) is 0 Å². The topological polar surface area (TPSA) is 96.0 Å². The van der Waals surface area contributed by atoms with Gasteiger partial charge in [0, 0.05) is 17.1 Å². The van der Waals surface area contributed by atoms with Gasteiger partial charge in [-0.15, -0.1) is 0 Å². The summed E-state index contributed by atoms with van der Waals surface area (Å²) in [6.45, 7) is 8.57. The van der Waals surface area contributed by atoms with Crippen LogP contribution in [0.5, 0.6) is 5.75 Å². The normalized spacial score (nSPS) is 12.6. The second-order valence-corrected chi connectivity index (χ2v) is 11.9. The maximum absolute atomic E-state index is 13.6. The number of hydrogen-bond acceptors (Lipinski definition) is 5. The number of hydrogen-bond donors (Lipinski definition) is 1. The van der Waals surface area contributed by atoms with Gasteiger partial charge in [-0.05, 0) is 70.0 Å². The highest BCUT2D eigenvalue weighted by Gasteiger charge is 2.32. The molecule has 35 heavy (non-hydrogen) atoms. The number of nitrogens with one attached hydrogen (secondary N) is 1. The molecule has 10 heteroatoms. The molecule has 2 aromatic rings. The van der Waals surface area contributed by atoms with Crippen LogP contribution in [0.25, 0.3) is 0 Å². The third-order valence-electron chi connectivity index (χ3n) is 5.21. The van der Waals surface area contributed by atoms with E-state index in [1.54, 1.807) is 49.4 Å². The Balaban J connectivity index is 2.47. The van der Waals surface area contributed by atoms with E-state index < -0.39 is 34.1 Å². The Morgan fingerprint density at radius 3 is 2.23 bits per heavy atom. The lowest BCUT2D eigenvalue weighted by Crippen LogP contribution is -2.54. The number of nitrogens with zero attached hydrogens (tertiary/aromatic N) is 2. The number of anilines is 1. The molecule has 0 aliphatic rings. The number of benzene rings is 2. The molecular formula is C25H34ClN3O5S. The zero-order valence-corrected chi connectivity index (χ0v) is 22.8. The van der Waals surface area contributed by atoms with Crippen LogP contribution in [0.1, 0.15) is 38.8 Å². The minimum absolute atomic E-state index is 0.0945. The van der Waals surface area contributed by atoms with Gasteiger partial charge in [-0.25, -0.2) is 8.42 Å². The molecular weight excluding hydrogens is 490 g/mol. The molecule has 2 rings (SSSR count). The number of methoxy groups -OCH3 is 1. The Labute approximate surface area is 213 Å². The monoisotopic (exact) mass is 523 g/mol. The van der Waals surface area contributed by atoms with E-state index in [4.69, 9.17) is 16.3 Å². The first-order valence-corrected chi connectivity index (χ1v) is 13.3. The molecule has 8 nitrogen and oxygen atoms in total. The lowest BCUT2D eigenvalue weighted by molar-refractivity contribution is -0.140. The molecule has 1 atom stereocenters. The van der Waals surface area contributed by atoms with Crippen molar-refractivity contribution < 1.29 is 22.7 Å². The van der Waals surface area contributed by atoms with E-state index >= 15 is 0 Å². The number of carbonyl (C=O) groups is 2. The van der Waals surface area contributed by atoms with E-state index in [-0.39, 0.29) is 18.1 Å². The summed E-state index contributed by atoms with van der Waals surface area (Å²) in [5.41, 5.74) is 1.30. The molecule has 0 saturated carbocycles. The molecule has 0 aromatic heterocycles. The Morgan fingerprint density at radius 1 is 1.11 bits per heavy atom. The molecule has 0 heterocycles. The summed E-state index contributed by atoms with van der Waals surface area (Å²) in [7, 11) is -2.43. The predicted molar refractivity (Wildman–Crippen MR) is 139 cm³/mol. The van der Waals surface area contributed by atoms with Gasteiger partial charge in [0.05, 0.1) is 19.1 Å². The zero-order chi connectivity index (χ0) is 26.6. The number of halogens is 1. The number of aryl methyl sites for hydroxylation is 1. The van der Waals surface area contributed by atoms with Gasteiger partial charge in [0.25, 0.3) is 0 Å². The highest BCUT2D eigenvalue weighted by atomic mass is 35.5. The maximum Gasteiger partial charge on any atom is 0.244 e. The molecule has 0 spiro atoms. The van der Waals surface area contributed by atoms with Crippen LogP contribution in [0.2, 0.25) is 5.02 Å². The van der Waals surface area contributed by atoms with Crippen molar-refractivity contribution in [2.75, 3.05) is 24.2 Å². The van der Waals surface area contributed by atoms with Gasteiger partial charge in [0.1, 0.15) is 18.3 Å². The van der Waals surface area contributed by atoms with E-state index in [2.05, 4.69) is 5.32 Å². The minimum Gasteiger partial charge on any atom is -0.495 e. The summed E-state index contributed by atoms with van der Waals surface area (Å²) in [4.78, 5) is 27.9. The molecule has 2 aromatic carbocycles. The highest BCUT2D eigenvalue weighted by molar-refractivity contribution is 7.92. The molecule has 192 valence electrons. The first-order chi connectivity index (χ1) is 16.1. The molecule has 0 aliphatic heterocycles. The first kappa shape index (κ1) is 28.5. The van der Waals surface area contributed by atoms with Gasteiger partial charge in [-0.3, -0.25) is 13.9 Å². The quantitative estimate of drug-likeness (QED) is 0.540. The molecule has 0 unspecified atom stereocenters. The van der Waals surface area contributed by atoms with Gasteiger partial charge in [0.2, 0.25) is 21.8 Å². The van der Waals surface area contributed by atoms with Crippen molar-refractivity contribution in [1.82, 2.24) is 10.2 Å². The van der Waals surface area contributed by atoms with Crippen molar-refractivity contribution >= 4 is 39.1 Å². The van der Waals surface area contributed by atoms with Gasteiger partial charge in [-0.1, -0.05) is 29.8 Å². The average molecular weight is 524 g/mol. The van der Waals surface area contributed by atoms with Crippen LogP contribution in [0.15, 0.2) is 42.5 Å². The lowest BCUT2D eigenvalue weighted by Gasteiger charge is -2.33. The van der Waals surface area contributed by atoms with Gasteiger partial charge in [-0.2, -0.15) is 0 Å². The summed E-state index contributed by atoms with van der Waals surface area (Å²) in [6, 6.07) is 11.1. The third-order valence-corrected chi connectivity index (χ3v) is 6.59. The fourth-order valence-corrected chi connectivity index (χ4v) is 4.40. The van der Waals surface area contributed by atoms with E-state index in [0.29, 0.717) is 10.8 Å². The van der Waals surface area contributed by atoms with Gasteiger partial charge >= 0.3 is 0 Å². The largest absolute Gasteiger partial charge is 0.495 e. The van der Waals surface area contributed by atoms with Crippen LogP contribution in [0, 0.1) is 6.92 Å². The Bertz CT molecular complexity index is 1160. The minimum atomic E-state index is -3.86. The van der Waals surface area contributed by atoms with E-state index in [1.165, 1.54) is 12.0 Å². The smallest absolute Gasteiger partial charge is 0.244 e. The summed E-state index contributed by atoms with van der Waals surface area (Å²) in [5, 5.41) is 3.43. The molecule has 0 bridgehead atoms. The summed E-state index contributed by atoms with van der Waals surface area (Å²) in [6.07, 6.45) is 1.03. The van der Waals surface area contributed by atoms with E-state index in [1.807, 2.05) is 27.7 Å². The number of amides is 2. The SMILES string of the molecule is COc1ccc(C)cc1N(CC(=O)N(Cc1ccc(Cl)cc1)[C@H](C)C(=O)NC(C)(C)C)S(C)(=O)=O. The second-order valence-electron chi connectivity index (χ2n) is 9.51. The molecule has 1 N–H and O–H groups in total. The second kappa shape index (κ2) is 11.3. The fourth-order valence-electron chi connectivity index (χ4n) is 3.43. The van der Waals surface area contributed by atoms with Crippen LogP contribution in [-0.4, -0.2) is 56.6 Å². The van der Waals surface area contributed by atoms with Crippen LogP contribution in [0.4, 0.5) is 5.69 Å². The van der Waals surface area contributed by atoms with E-state index in [9.17, 15) is 18.0 Å². The van der Waals surface area contributed by atoms with E-state index in [0.717, 1.165) is 21.7 Å². The predicted octanol–water partition coefficient (Wildman–Crippen LogP) is 3.76. The maximum atomic E-state index is 13.6. The van der Waals surface area contributed by atoms with Crippen LogP contribution >= 0.6 is 11.6 Å². The highest BCUT2D eigenvalue weighted by Crippen LogP contribution is 2.31. The Kier molecular flexibility index (Phi) is 9.19. The molecule has 2 amide bonds. The van der Waals surface area contributed by atoms with Crippen molar-refractivity contribution in [3.63, 3.8) is 0 Å². The Hall–Kier alpha value is -2.78. The van der Waals surface area contributed by atoms with Crippen molar-refractivity contribution in [3.05, 3.63) is 58.6 Å². The summed E-state index contributed by atoms with van der Waals surface area (Å²) >= 11 is 5.99. The van der Waals surface area contributed by atoms with Crippen LogP contribution < -0.4 is 14.4 Å².